The molecule has 256 valence electrons. The van der Waals surface area contributed by atoms with E-state index in [1.165, 1.54) is 48.7 Å². The Hall–Kier alpha value is -7.43. The molecule has 4 nitrogen and oxygen atoms in total. The molecule has 0 unspecified atom stereocenters. The van der Waals surface area contributed by atoms with Crippen LogP contribution in [0.15, 0.2) is 194 Å². The molecule has 0 N–H and O–H groups in total. The average Bonchev–Trinajstić information content (AvgIpc) is 3.59. The topological polar surface area (TPSA) is 43.6 Å². The van der Waals surface area contributed by atoms with E-state index < -0.39 is 0 Å². The first kappa shape index (κ1) is 31.1. The van der Waals surface area contributed by atoms with E-state index in [2.05, 4.69) is 180 Å². The van der Waals surface area contributed by atoms with Gasteiger partial charge < -0.3 is 4.57 Å². The summed E-state index contributed by atoms with van der Waals surface area (Å²) in [6, 6.07) is 68.7. The third-order valence-corrected chi connectivity index (χ3v) is 10.8. The van der Waals surface area contributed by atoms with Gasteiger partial charge in [-0.25, -0.2) is 15.0 Å². The van der Waals surface area contributed by atoms with Crippen molar-refractivity contribution in [1.82, 2.24) is 19.5 Å². The fraction of sp³-hybridized carbons (Fsp3) is 0. The number of benzene rings is 9. The highest BCUT2D eigenvalue weighted by Gasteiger charge is 2.18. The smallest absolute Gasteiger partial charge is 0.164 e. The molecule has 0 aliphatic rings. The van der Waals surface area contributed by atoms with Gasteiger partial charge in [0.05, 0.1) is 11.0 Å². The predicted molar refractivity (Wildman–Crippen MR) is 228 cm³/mol. The highest BCUT2D eigenvalue weighted by Crippen LogP contribution is 2.39. The first-order valence-electron chi connectivity index (χ1n) is 18.6. The number of hydrogen-bond donors (Lipinski definition) is 0. The molecule has 0 aliphatic carbocycles. The van der Waals surface area contributed by atoms with Crippen LogP contribution in [-0.4, -0.2) is 19.5 Å². The van der Waals surface area contributed by atoms with Crippen LogP contribution in [0.1, 0.15) is 0 Å². The van der Waals surface area contributed by atoms with Gasteiger partial charge in [0.2, 0.25) is 0 Å². The summed E-state index contributed by atoms with van der Waals surface area (Å²) in [5, 5.41) is 9.86. The van der Waals surface area contributed by atoms with Crippen LogP contribution in [0, 0.1) is 0 Å². The third-order valence-electron chi connectivity index (χ3n) is 10.8. The predicted octanol–water partition coefficient (Wildman–Crippen LogP) is 13.1. The maximum atomic E-state index is 5.15. The second-order valence-corrected chi connectivity index (χ2v) is 14.1. The number of rotatable bonds is 5. The minimum atomic E-state index is 0.625. The van der Waals surface area contributed by atoms with Crippen molar-refractivity contribution in [3.8, 4) is 51.0 Å². The van der Waals surface area contributed by atoms with Crippen molar-refractivity contribution in [3.05, 3.63) is 194 Å². The van der Waals surface area contributed by atoms with Crippen LogP contribution >= 0.6 is 0 Å². The van der Waals surface area contributed by atoms with Crippen LogP contribution in [-0.2, 0) is 0 Å². The second kappa shape index (κ2) is 12.6. The monoisotopic (exact) mass is 700 g/mol. The molecule has 2 aromatic heterocycles. The highest BCUT2D eigenvalue weighted by atomic mass is 15.0. The fourth-order valence-corrected chi connectivity index (χ4v) is 8.16. The van der Waals surface area contributed by atoms with Crippen LogP contribution in [0.25, 0.3) is 105 Å². The minimum absolute atomic E-state index is 0.625. The Bertz CT molecular complexity index is 3250. The summed E-state index contributed by atoms with van der Waals surface area (Å²) in [6.07, 6.45) is 0. The van der Waals surface area contributed by atoms with E-state index >= 15 is 0 Å². The summed E-state index contributed by atoms with van der Waals surface area (Å²) in [7, 11) is 0. The van der Waals surface area contributed by atoms with Gasteiger partial charge in [0.1, 0.15) is 0 Å². The number of aromatic nitrogens is 4. The van der Waals surface area contributed by atoms with Gasteiger partial charge in [-0.05, 0) is 73.8 Å². The van der Waals surface area contributed by atoms with Gasteiger partial charge >= 0.3 is 0 Å². The summed E-state index contributed by atoms with van der Waals surface area (Å²) < 4.78 is 2.39. The van der Waals surface area contributed by atoms with E-state index in [1.54, 1.807) is 0 Å². The first-order chi connectivity index (χ1) is 27.2. The van der Waals surface area contributed by atoms with Crippen molar-refractivity contribution in [2.75, 3.05) is 0 Å². The van der Waals surface area contributed by atoms with Gasteiger partial charge in [-0.1, -0.05) is 164 Å². The Morgan fingerprint density at radius 2 is 0.855 bits per heavy atom. The zero-order chi connectivity index (χ0) is 36.3. The molecule has 0 saturated carbocycles. The lowest BCUT2D eigenvalue weighted by atomic mass is 9.97. The molecule has 11 aromatic rings. The molecule has 0 spiro atoms. The number of hydrogen-bond acceptors (Lipinski definition) is 3. The van der Waals surface area contributed by atoms with Gasteiger partial charge in [-0.3, -0.25) is 0 Å². The SMILES string of the molecule is c1ccc(-c2nc(-c3ccc(-c4cccc5ccccc45)cc3)nc(-c3cccc(-n4c5cc6ccccc6cc5c5c6ccccc6ccc54)c3)n2)cc1. The Labute approximate surface area is 317 Å². The minimum Gasteiger partial charge on any atom is -0.309 e. The molecule has 0 bridgehead atoms. The van der Waals surface area contributed by atoms with Crippen molar-refractivity contribution >= 4 is 54.1 Å². The average molecular weight is 701 g/mol. The lowest BCUT2D eigenvalue weighted by molar-refractivity contribution is 1.07. The molecule has 9 aromatic carbocycles. The third kappa shape index (κ3) is 5.26. The molecule has 0 atom stereocenters. The van der Waals surface area contributed by atoms with Gasteiger partial charge in [0.25, 0.3) is 0 Å². The van der Waals surface area contributed by atoms with Crippen molar-refractivity contribution < 1.29 is 0 Å². The summed E-state index contributed by atoms with van der Waals surface area (Å²) in [6.45, 7) is 0. The van der Waals surface area contributed by atoms with Crippen LogP contribution in [0.2, 0.25) is 0 Å². The van der Waals surface area contributed by atoms with Gasteiger partial charge in [0, 0.05) is 33.2 Å². The summed E-state index contributed by atoms with van der Waals surface area (Å²) in [5.41, 5.74) is 8.52. The van der Waals surface area contributed by atoms with Crippen molar-refractivity contribution in [2.24, 2.45) is 0 Å². The molecule has 0 saturated heterocycles. The number of nitrogens with zero attached hydrogens (tertiary/aromatic N) is 4. The van der Waals surface area contributed by atoms with Crippen molar-refractivity contribution in [3.63, 3.8) is 0 Å². The molecule has 55 heavy (non-hydrogen) atoms. The Morgan fingerprint density at radius 3 is 1.62 bits per heavy atom. The molecule has 11 rings (SSSR count). The molecular formula is C51H32N4. The Morgan fingerprint density at radius 1 is 0.309 bits per heavy atom. The van der Waals surface area contributed by atoms with E-state index in [9.17, 15) is 0 Å². The van der Waals surface area contributed by atoms with E-state index in [-0.39, 0.29) is 0 Å². The maximum Gasteiger partial charge on any atom is 0.164 e. The van der Waals surface area contributed by atoms with Gasteiger partial charge in [-0.2, -0.15) is 0 Å². The maximum absolute atomic E-state index is 5.15. The molecule has 4 heteroatoms. The molecular weight excluding hydrogens is 669 g/mol. The van der Waals surface area contributed by atoms with E-state index in [0.29, 0.717) is 17.5 Å². The van der Waals surface area contributed by atoms with Crippen LogP contribution in [0.3, 0.4) is 0 Å². The molecule has 0 radical (unpaired) electrons. The summed E-state index contributed by atoms with van der Waals surface area (Å²) >= 11 is 0. The quantitative estimate of drug-likeness (QED) is 0.179. The lowest BCUT2D eigenvalue weighted by Crippen LogP contribution is -2.01. The molecule has 0 amide bonds. The van der Waals surface area contributed by atoms with Crippen LogP contribution in [0.4, 0.5) is 0 Å². The van der Waals surface area contributed by atoms with E-state index in [4.69, 9.17) is 15.0 Å². The largest absolute Gasteiger partial charge is 0.309 e. The summed E-state index contributed by atoms with van der Waals surface area (Å²) in [5.74, 6) is 1.90. The molecule has 0 aliphatic heterocycles. The molecule has 2 heterocycles. The second-order valence-electron chi connectivity index (χ2n) is 14.1. The zero-order valence-electron chi connectivity index (χ0n) is 29.8. The number of fused-ring (bicyclic) bond motifs is 7. The first-order valence-corrected chi connectivity index (χ1v) is 18.6. The van der Waals surface area contributed by atoms with Gasteiger partial charge in [0.15, 0.2) is 17.5 Å². The van der Waals surface area contributed by atoms with Crippen molar-refractivity contribution in [2.45, 2.75) is 0 Å². The summed E-state index contributed by atoms with van der Waals surface area (Å²) in [4.78, 5) is 15.3. The van der Waals surface area contributed by atoms with Crippen LogP contribution in [0.5, 0.6) is 0 Å². The van der Waals surface area contributed by atoms with Gasteiger partial charge in [-0.15, -0.1) is 0 Å². The van der Waals surface area contributed by atoms with Crippen molar-refractivity contribution in [1.29, 1.82) is 0 Å². The standard InChI is InChI=1S/C51H32N4/c1-2-14-36(15-3-1)49-52-50(37-26-24-35(25-27-37)43-23-11-18-33-12-6-8-21-42(33)43)54-51(53-49)40-19-10-20-41(30-40)55-46-29-28-34-13-7-9-22-44(34)48(46)45-31-38-16-4-5-17-39(38)32-47(45)55/h1-32H. The lowest BCUT2D eigenvalue weighted by Gasteiger charge is -2.12. The Kier molecular flexibility index (Phi) is 7.14. The Balaban J connectivity index is 1.08. The molecule has 0 fully saturated rings. The normalized spacial score (nSPS) is 11.6. The zero-order valence-corrected chi connectivity index (χ0v) is 29.8. The van der Waals surface area contributed by atoms with E-state index in [1.807, 2.05) is 18.2 Å². The van der Waals surface area contributed by atoms with Crippen LogP contribution < -0.4 is 0 Å². The fourth-order valence-electron chi connectivity index (χ4n) is 8.16. The van der Waals surface area contributed by atoms with E-state index in [0.717, 1.165) is 39.0 Å². The highest BCUT2D eigenvalue weighted by molar-refractivity contribution is 6.23.